The number of hydrogen-bond acceptors (Lipinski definition) is 3. The van der Waals surface area contributed by atoms with Gasteiger partial charge in [-0.05, 0) is 19.3 Å². The third-order valence-corrected chi connectivity index (χ3v) is 3.08. The lowest BCUT2D eigenvalue weighted by Crippen LogP contribution is -2.31. The van der Waals surface area contributed by atoms with Gasteiger partial charge in [0.2, 0.25) is 5.95 Å². The van der Waals surface area contributed by atoms with Crippen molar-refractivity contribution < 1.29 is 13.2 Å². The zero-order valence-corrected chi connectivity index (χ0v) is 9.75. The molecule has 0 fully saturated rings. The molecular weight excluding hydrogens is 233 g/mol. The third kappa shape index (κ3) is 2.23. The van der Waals surface area contributed by atoms with E-state index in [9.17, 15) is 13.2 Å². The Bertz CT molecular complexity index is 399. The lowest BCUT2D eigenvalue weighted by atomic mass is 10.0. The van der Waals surface area contributed by atoms with Crippen molar-refractivity contribution in [1.29, 1.82) is 0 Å². The van der Waals surface area contributed by atoms with E-state index < -0.39 is 12.0 Å². The first-order valence-corrected chi connectivity index (χ1v) is 5.76. The van der Waals surface area contributed by atoms with Crippen LogP contribution in [0.4, 0.5) is 19.1 Å². The molecule has 0 aromatic carbocycles. The highest BCUT2D eigenvalue weighted by atomic mass is 19.4. The van der Waals surface area contributed by atoms with Crippen LogP contribution in [0.1, 0.15) is 45.0 Å². The predicted molar refractivity (Wildman–Crippen MR) is 56.7 cm³/mol. The number of hydrogen-bond donors (Lipinski definition) is 1. The van der Waals surface area contributed by atoms with Gasteiger partial charge in [0.1, 0.15) is 0 Å². The first-order chi connectivity index (χ1) is 7.95. The van der Waals surface area contributed by atoms with Crippen LogP contribution in [0.25, 0.3) is 0 Å². The normalized spacial score (nSPS) is 24.3. The Kier molecular flexibility index (Phi) is 3.01. The molecule has 1 N–H and O–H groups in total. The van der Waals surface area contributed by atoms with Gasteiger partial charge in [-0.2, -0.15) is 18.2 Å². The quantitative estimate of drug-likeness (QED) is 0.875. The van der Waals surface area contributed by atoms with Crippen molar-refractivity contribution in [2.75, 3.05) is 5.32 Å². The SMILES string of the molecule is CCC1CC(CC)n2nc(C(F)(F)F)nc2N1. The first-order valence-electron chi connectivity index (χ1n) is 5.76. The molecule has 0 radical (unpaired) electrons. The fourth-order valence-electron chi connectivity index (χ4n) is 2.07. The van der Waals surface area contributed by atoms with Crippen LogP contribution in [0.5, 0.6) is 0 Å². The van der Waals surface area contributed by atoms with E-state index in [0.29, 0.717) is 0 Å². The summed E-state index contributed by atoms with van der Waals surface area (Å²) in [6.07, 6.45) is -2.07. The van der Waals surface area contributed by atoms with Crippen molar-refractivity contribution in [3.05, 3.63) is 5.82 Å². The van der Waals surface area contributed by atoms with Crippen molar-refractivity contribution in [3.63, 3.8) is 0 Å². The molecule has 17 heavy (non-hydrogen) atoms. The van der Waals surface area contributed by atoms with Gasteiger partial charge in [-0.25, -0.2) is 4.68 Å². The van der Waals surface area contributed by atoms with Crippen molar-refractivity contribution in [2.24, 2.45) is 0 Å². The highest BCUT2D eigenvalue weighted by molar-refractivity contribution is 5.30. The second-order valence-electron chi connectivity index (χ2n) is 4.25. The summed E-state index contributed by atoms with van der Waals surface area (Å²) in [7, 11) is 0. The number of rotatable bonds is 2. The molecule has 0 amide bonds. The molecule has 1 aliphatic heterocycles. The summed E-state index contributed by atoms with van der Waals surface area (Å²) in [5.74, 6) is -0.822. The van der Waals surface area contributed by atoms with Gasteiger partial charge in [0.25, 0.3) is 5.82 Å². The van der Waals surface area contributed by atoms with Crippen LogP contribution in [0, 0.1) is 0 Å². The van der Waals surface area contributed by atoms with Crippen molar-refractivity contribution in [1.82, 2.24) is 14.8 Å². The molecule has 96 valence electrons. The average molecular weight is 248 g/mol. The lowest BCUT2D eigenvalue weighted by molar-refractivity contribution is -0.145. The smallest absolute Gasteiger partial charge is 0.352 e. The number of nitrogens with zero attached hydrogens (tertiary/aromatic N) is 3. The van der Waals surface area contributed by atoms with Crippen molar-refractivity contribution in [2.45, 2.75) is 51.4 Å². The van der Waals surface area contributed by atoms with E-state index in [2.05, 4.69) is 15.4 Å². The van der Waals surface area contributed by atoms with E-state index in [1.165, 1.54) is 4.68 Å². The molecule has 1 aromatic rings. The van der Waals surface area contributed by atoms with Gasteiger partial charge in [-0.15, -0.1) is 5.10 Å². The van der Waals surface area contributed by atoms with Crippen LogP contribution in [0.15, 0.2) is 0 Å². The molecule has 2 unspecified atom stereocenters. The second kappa shape index (κ2) is 4.19. The maximum absolute atomic E-state index is 12.5. The minimum Gasteiger partial charge on any atom is -0.352 e. The summed E-state index contributed by atoms with van der Waals surface area (Å²) >= 11 is 0. The molecule has 0 saturated carbocycles. The van der Waals surface area contributed by atoms with E-state index in [1.54, 1.807) is 0 Å². The summed E-state index contributed by atoms with van der Waals surface area (Å²) < 4.78 is 38.9. The van der Waals surface area contributed by atoms with Crippen LogP contribution >= 0.6 is 0 Å². The Balaban J connectivity index is 2.35. The number of anilines is 1. The highest BCUT2D eigenvalue weighted by Crippen LogP contribution is 2.33. The van der Waals surface area contributed by atoms with Gasteiger partial charge in [0.05, 0.1) is 6.04 Å². The average Bonchev–Trinajstić information content (AvgIpc) is 2.70. The number of fused-ring (bicyclic) bond motifs is 1. The molecule has 4 nitrogen and oxygen atoms in total. The molecule has 0 bridgehead atoms. The molecule has 1 aromatic heterocycles. The van der Waals surface area contributed by atoms with Gasteiger partial charge >= 0.3 is 6.18 Å². The predicted octanol–water partition coefficient (Wildman–Crippen LogP) is 2.84. The topological polar surface area (TPSA) is 42.7 Å². The zero-order valence-electron chi connectivity index (χ0n) is 9.75. The Morgan fingerprint density at radius 2 is 2.06 bits per heavy atom. The molecule has 0 spiro atoms. The molecule has 1 aliphatic rings. The van der Waals surface area contributed by atoms with E-state index in [1.807, 2.05) is 13.8 Å². The number of alkyl halides is 3. The summed E-state index contributed by atoms with van der Waals surface area (Å²) in [6, 6.07) is 0.178. The Hall–Kier alpha value is -1.27. The Labute approximate surface area is 97.2 Å². The minimum atomic E-state index is -4.48. The maximum Gasteiger partial charge on any atom is 0.453 e. The molecule has 2 heterocycles. The van der Waals surface area contributed by atoms with Crippen molar-refractivity contribution >= 4 is 5.95 Å². The summed E-state index contributed by atoms with van der Waals surface area (Å²) in [5, 5.41) is 6.55. The first kappa shape index (κ1) is 12.2. The number of aromatic nitrogens is 3. The highest BCUT2D eigenvalue weighted by Gasteiger charge is 2.39. The van der Waals surface area contributed by atoms with Crippen molar-refractivity contribution in [3.8, 4) is 0 Å². The van der Waals surface area contributed by atoms with E-state index in [0.717, 1.165) is 19.3 Å². The van der Waals surface area contributed by atoms with Gasteiger partial charge in [-0.3, -0.25) is 0 Å². The van der Waals surface area contributed by atoms with E-state index >= 15 is 0 Å². The summed E-state index contributed by atoms with van der Waals surface area (Å²) in [4.78, 5) is 3.53. The molecular formula is C10H15F3N4. The Morgan fingerprint density at radius 1 is 1.35 bits per heavy atom. The molecule has 0 aliphatic carbocycles. The van der Waals surface area contributed by atoms with Crippen LogP contribution in [-0.4, -0.2) is 20.8 Å². The van der Waals surface area contributed by atoms with Crippen LogP contribution in [-0.2, 0) is 6.18 Å². The van der Waals surface area contributed by atoms with Gasteiger partial charge < -0.3 is 5.32 Å². The Morgan fingerprint density at radius 3 is 2.59 bits per heavy atom. The van der Waals surface area contributed by atoms with Crippen LogP contribution in [0.3, 0.4) is 0 Å². The third-order valence-electron chi connectivity index (χ3n) is 3.08. The monoisotopic (exact) mass is 248 g/mol. The van der Waals surface area contributed by atoms with Gasteiger partial charge in [0.15, 0.2) is 0 Å². The zero-order chi connectivity index (χ0) is 12.6. The largest absolute Gasteiger partial charge is 0.453 e. The van der Waals surface area contributed by atoms with Gasteiger partial charge in [-0.1, -0.05) is 13.8 Å². The maximum atomic E-state index is 12.5. The minimum absolute atomic E-state index is 0.000185. The fourth-order valence-corrected chi connectivity index (χ4v) is 2.07. The number of halogens is 3. The van der Waals surface area contributed by atoms with E-state index in [-0.39, 0.29) is 18.0 Å². The fraction of sp³-hybridized carbons (Fsp3) is 0.800. The molecule has 2 atom stereocenters. The van der Waals surface area contributed by atoms with E-state index in [4.69, 9.17) is 0 Å². The molecule has 7 heteroatoms. The molecule has 0 saturated heterocycles. The summed E-state index contributed by atoms with van der Waals surface area (Å²) in [6.45, 7) is 3.95. The molecule has 2 rings (SSSR count). The number of nitrogens with one attached hydrogen (secondary N) is 1. The summed E-state index contributed by atoms with van der Waals surface area (Å²) in [5.41, 5.74) is 0. The lowest BCUT2D eigenvalue weighted by Gasteiger charge is -2.29. The van der Waals surface area contributed by atoms with Gasteiger partial charge in [0, 0.05) is 6.04 Å². The van der Waals surface area contributed by atoms with Crippen LogP contribution < -0.4 is 5.32 Å². The second-order valence-corrected chi connectivity index (χ2v) is 4.25. The van der Waals surface area contributed by atoms with Crippen LogP contribution in [0.2, 0.25) is 0 Å². The standard InChI is InChI=1S/C10H15F3N4/c1-3-6-5-7(4-2)17-9(14-6)15-8(16-17)10(11,12)13/h6-7H,3-5H2,1-2H3,(H,14,15,16).